The van der Waals surface area contributed by atoms with Crippen LogP contribution in [0.15, 0.2) is 0 Å². The number of esters is 1. The van der Waals surface area contributed by atoms with E-state index in [-0.39, 0.29) is 17.9 Å². The molecule has 1 aliphatic rings. The van der Waals surface area contributed by atoms with Gasteiger partial charge in [0.15, 0.2) is 0 Å². The van der Waals surface area contributed by atoms with E-state index in [0.29, 0.717) is 25.6 Å². The number of ether oxygens (including phenoxy) is 1. The highest BCUT2D eigenvalue weighted by atomic mass is 17.2. The molecule has 0 aromatic heterocycles. The predicted molar refractivity (Wildman–Crippen MR) is 124 cm³/mol. The Balaban J connectivity index is 2.35. The molecule has 1 fully saturated rings. The Morgan fingerprint density at radius 3 is 1.84 bits per heavy atom. The van der Waals surface area contributed by atoms with Gasteiger partial charge in [0.2, 0.25) is 0 Å². The molecule has 1 atom stereocenters. The Morgan fingerprint density at radius 2 is 1.23 bits per heavy atom. The van der Waals surface area contributed by atoms with Crippen molar-refractivity contribution in [1.29, 1.82) is 0 Å². The molecule has 0 bridgehead atoms. The number of rotatable bonds is 2. The predicted octanol–water partition coefficient (Wildman–Crippen LogP) is 7.31. The lowest BCUT2D eigenvalue weighted by Crippen LogP contribution is -2.20. The highest BCUT2D eigenvalue weighted by molar-refractivity contribution is 5.72. The van der Waals surface area contributed by atoms with Crippen LogP contribution in [0, 0.1) is 11.8 Å². The van der Waals surface area contributed by atoms with Crippen molar-refractivity contribution in [3.8, 4) is 0 Å². The lowest BCUT2D eigenvalue weighted by atomic mass is 9.91. The minimum absolute atomic E-state index is 0.0216. The van der Waals surface area contributed by atoms with Gasteiger partial charge in [-0.15, -0.1) is 0 Å². The Labute approximate surface area is 190 Å². The molecule has 0 N–H and O–H groups in total. The van der Waals surface area contributed by atoms with Crippen molar-refractivity contribution < 1.29 is 24.1 Å². The molecule has 0 saturated carbocycles. The zero-order valence-electron chi connectivity index (χ0n) is 20.3. The van der Waals surface area contributed by atoms with Gasteiger partial charge in [0.25, 0.3) is 0 Å². The lowest BCUT2D eigenvalue weighted by molar-refractivity contribution is -0.272. The third-order valence-electron chi connectivity index (χ3n) is 6.04. The summed E-state index contributed by atoms with van der Waals surface area (Å²) in [6.07, 6.45) is 19.0. The molecule has 1 saturated heterocycles. The quantitative estimate of drug-likeness (QED) is 0.333. The number of hydrogen-bond acceptors (Lipinski definition) is 5. The van der Waals surface area contributed by atoms with Crippen molar-refractivity contribution in [3.63, 3.8) is 0 Å². The minimum Gasteiger partial charge on any atom is -0.465 e. The van der Waals surface area contributed by atoms with Crippen LogP contribution in [0.2, 0.25) is 0 Å². The third kappa shape index (κ3) is 17.2. The highest BCUT2D eigenvalue weighted by Crippen LogP contribution is 2.21. The van der Waals surface area contributed by atoms with E-state index in [1.807, 2.05) is 0 Å². The Hall–Kier alpha value is -1.10. The third-order valence-corrected chi connectivity index (χ3v) is 6.04. The SMILES string of the molecule is CC(C)CC1CCCCCCCCCC(=O)OOCCCCCCCCCCOC1=O. The summed E-state index contributed by atoms with van der Waals surface area (Å²) in [7, 11) is 0. The molecule has 0 radical (unpaired) electrons. The van der Waals surface area contributed by atoms with Gasteiger partial charge in [-0.3, -0.25) is 9.68 Å². The molecule has 31 heavy (non-hydrogen) atoms. The maximum atomic E-state index is 12.5. The van der Waals surface area contributed by atoms with Crippen LogP contribution in [0.25, 0.3) is 0 Å². The summed E-state index contributed by atoms with van der Waals surface area (Å²) in [5, 5.41) is 0. The fourth-order valence-electron chi connectivity index (χ4n) is 4.21. The van der Waals surface area contributed by atoms with Crippen molar-refractivity contribution in [3.05, 3.63) is 0 Å². The van der Waals surface area contributed by atoms with Gasteiger partial charge in [-0.2, -0.15) is 4.89 Å². The van der Waals surface area contributed by atoms with E-state index < -0.39 is 0 Å². The van der Waals surface area contributed by atoms with Crippen molar-refractivity contribution >= 4 is 11.9 Å². The zero-order valence-corrected chi connectivity index (χ0v) is 20.3. The monoisotopic (exact) mass is 440 g/mol. The van der Waals surface area contributed by atoms with Gasteiger partial charge in [0, 0.05) is 6.42 Å². The van der Waals surface area contributed by atoms with Gasteiger partial charge in [-0.1, -0.05) is 90.9 Å². The van der Waals surface area contributed by atoms with Crippen LogP contribution in [0.4, 0.5) is 0 Å². The van der Waals surface area contributed by atoms with Crippen molar-refractivity contribution in [2.45, 2.75) is 129 Å². The second-order valence-electron chi connectivity index (χ2n) is 9.61. The fourth-order valence-corrected chi connectivity index (χ4v) is 4.21. The van der Waals surface area contributed by atoms with Gasteiger partial charge in [0.05, 0.1) is 19.1 Å². The van der Waals surface area contributed by atoms with Gasteiger partial charge < -0.3 is 4.74 Å². The Kier molecular flexibility index (Phi) is 17.6. The molecule has 0 aromatic rings. The molecule has 1 unspecified atom stereocenters. The second-order valence-corrected chi connectivity index (χ2v) is 9.61. The van der Waals surface area contributed by atoms with Crippen LogP contribution in [0.1, 0.15) is 129 Å². The molecule has 5 heteroatoms. The maximum absolute atomic E-state index is 12.5. The molecule has 0 amide bonds. The molecule has 5 nitrogen and oxygen atoms in total. The van der Waals surface area contributed by atoms with E-state index in [1.54, 1.807) is 0 Å². The Morgan fingerprint density at radius 1 is 0.710 bits per heavy atom. The lowest BCUT2D eigenvalue weighted by Gasteiger charge is -2.18. The van der Waals surface area contributed by atoms with Gasteiger partial charge in [-0.05, 0) is 38.0 Å². The van der Waals surface area contributed by atoms with Crippen molar-refractivity contribution in [2.24, 2.45) is 11.8 Å². The standard InChI is InChI=1S/C26H48O5/c1-23(2)22-24-18-14-10-6-5-7-11-15-19-25(27)31-30-21-17-13-9-4-3-8-12-16-20-29-26(24)28/h23-24H,3-22H2,1-2H3. The summed E-state index contributed by atoms with van der Waals surface area (Å²) in [4.78, 5) is 34.1. The molecule has 0 aliphatic carbocycles. The highest BCUT2D eigenvalue weighted by Gasteiger charge is 2.20. The van der Waals surface area contributed by atoms with E-state index in [2.05, 4.69) is 13.8 Å². The van der Waals surface area contributed by atoms with Crippen molar-refractivity contribution in [2.75, 3.05) is 13.2 Å². The van der Waals surface area contributed by atoms with E-state index in [9.17, 15) is 9.59 Å². The van der Waals surface area contributed by atoms with Crippen LogP contribution >= 0.6 is 0 Å². The average molecular weight is 441 g/mol. The number of hydrogen-bond donors (Lipinski definition) is 0. The van der Waals surface area contributed by atoms with Gasteiger partial charge >= 0.3 is 11.9 Å². The molecule has 182 valence electrons. The Bertz CT molecular complexity index is 449. The summed E-state index contributed by atoms with van der Waals surface area (Å²) in [6, 6.07) is 0. The van der Waals surface area contributed by atoms with E-state index in [1.165, 1.54) is 38.5 Å². The molecule has 1 aliphatic heterocycles. The summed E-state index contributed by atoms with van der Waals surface area (Å²) in [5.74, 6) is 0.357. The average Bonchev–Trinajstić information content (AvgIpc) is 2.73. The first-order valence-corrected chi connectivity index (χ1v) is 13.1. The maximum Gasteiger partial charge on any atom is 0.342 e. The molecule has 1 heterocycles. The minimum atomic E-state index is -0.242. The summed E-state index contributed by atoms with van der Waals surface area (Å²) in [6.45, 7) is 5.44. The first-order valence-electron chi connectivity index (χ1n) is 13.1. The smallest absolute Gasteiger partial charge is 0.342 e. The first-order chi connectivity index (χ1) is 15.1. The van der Waals surface area contributed by atoms with Crippen LogP contribution in [0.5, 0.6) is 0 Å². The summed E-state index contributed by atoms with van der Waals surface area (Å²) < 4.78 is 5.62. The summed E-state index contributed by atoms with van der Waals surface area (Å²) >= 11 is 0. The first kappa shape index (κ1) is 27.9. The molecular weight excluding hydrogens is 392 g/mol. The molecule has 0 spiro atoms. The molecular formula is C26H48O5. The van der Waals surface area contributed by atoms with Crippen LogP contribution < -0.4 is 0 Å². The van der Waals surface area contributed by atoms with Gasteiger partial charge in [0.1, 0.15) is 0 Å². The van der Waals surface area contributed by atoms with E-state index in [4.69, 9.17) is 14.5 Å². The molecule has 1 rings (SSSR count). The second kappa shape index (κ2) is 19.6. The largest absolute Gasteiger partial charge is 0.465 e. The van der Waals surface area contributed by atoms with Crippen LogP contribution in [-0.4, -0.2) is 25.2 Å². The zero-order chi connectivity index (χ0) is 22.6. The number of carbonyl (C=O) groups is 2. The van der Waals surface area contributed by atoms with Gasteiger partial charge in [-0.25, -0.2) is 4.79 Å². The van der Waals surface area contributed by atoms with Crippen LogP contribution in [0.3, 0.4) is 0 Å². The van der Waals surface area contributed by atoms with E-state index >= 15 is 0 Å². The van der Waals surface area contributed by atoms with Crippen molar-refractivity contribution in [1.82, 2.24) is 0 Å². The normalized spacial score (nSPS) is 23.9. The summed E-state index contributed by atoms with van der Waals surface area (Å²) in [5.41, 5.74) is 0. The number of carbonyl (C=O) groups excluding carboxylic acids is 2. The topological polar surface area (TPSA) is 61.8 Å². The van der Waals surface area contributed by atoms with Crippen LogP contribution in [-0.2, 0) is 24.1 Å². The fraction of sp³-hybridized carbons (Fsp3) is 0.923. The number of cyclic esters (lactones) is 1. The molecule has 0 aromatic carbocycles. The van der Waals surface area contributed by atoms with E-state index in [0.717, 1.165) is 70.6 Å².